The predicted molar refractivity (Wildman–Crippen MR) is 52.8 cm³/mol. The number of hydrogen-bond donors (Lipinski definition) is 2. The highest BCUT2D eigenvalue weighted by Crippen LogP contribution is 2.21. The fourth-order valence-electron chi connectivity index (χ4n) is 1.07. The molecule has 1 unspecified atom stereocenters. The maximum atomic E-state index is 12.8. The van der Waals surface area contributed by atoms with Gasteiger partial charge in [-0.15, -0.1) is 0 Å². The van der Waals surface area contributed by atoms with Crippen molar-refractivity contribution in [3.05, 3.63) is 33.8 Å². The maximum absolute atomic E-state index is 12.8. The first kappa shape index (κ1) is 11.6. The van der Waals surface area contributed by atoms with Gasteiger partial charge in [0.15, 0.2) is 11.6 Å². The zero-order valence-electron chi connectivity index (χ0n) is 7.30. The van der Waals surface area contributed by atoms with E-state index in [2.05, 4.69) is 15.9 Å². The Kier molecular flexibility index (Phi) is 3.97. The molecular weight excluding hydrogens is 256 g/mol. The second-order valence-electron chi connectivity index (χ2n) is 3.00. The Morgan fingerprint density at radius 1 is 1.36 bits per heavy atom. The molecule has 0 heterocycles. The van der Waals surface area contributed by atoms with Crippen molar-refractivity contribution >= 4 is 15.9 Å². The van der Waals surface area contributed by atoms with Gasteiger partial charge in [0.2, 0.25) is 0 Å². The average Bonchev–Trinajstić information content (AvgIpc) is 2.14. The first-order chi connectivity index (χ1) is 6.54. The molecule has 0 saturated carbocycles. The summed E-state index contributed by atoms with van der Waals surface area (Å²) in [5.74, 6) is -1.81. The molecule has 0 aliphatic heterocycles. The van der Waals surface area contributed by atoms with E-state index in [1.54, 1.807) is 0 Å². The minimum Gasteiger partial charge on any atom is -0.395 e. The molecule has 0 aromatic heterocycles. The summed E-state index contributed by atoms with van der Waals surface area (Å²) in [4.78, 5) is 0. The van der Waals surface area contributed by atoms with E-state index >= 15 is 0 Å². The van der Waals surface area contributed by atoms with Gasteiger partial charge in [0.1, 0.15) is 0 Å². The van der Waals surface area contributed by atoms with Crippen LogP contribution in [-0.2, 0) is 6.42 Å². The minimum absolute atomic E-state index is 0.189. The lowest BCUT2D eigenvalue weighted by molar-refractivity contribution is 0.265. The van der Waals surface area contributed by atoms with Gasteiger partial charge in [0.05, 0.1) is 6.61 Å². The molecule has 1 rings (SSSR count). The van der Waals surface area contributed by atoms with Gasteiger partial charge >= 0.3 is 0 Å². The molecule has 0 fully saturated rings. The lowest BCUT2D eigenvalue weighted by Crippen LogP contribution is -2.27. The number of aliphatic hydroxyl groups excluding tert-OH is 1. The van der Waals surface area contributed by atoms with Gasteiger partial charge in [-0.3, -0.25) is 0 Å². The summed E-state index contributed by atoms with van der Waals surface area (Å²) in [5.41, 5.74) is 6.02. The van der Waals surface area contributed by atoms with Crippen LogP contribution in [0.3, 0.4) is 0 Å². The molecule has 0 amide bonds. The SMILES string of the molecule is NC(CO)Cc1cc(F)c(F)cc1Br. The molecule has 0 radical (unpaired) electrons. The van der Waals surface area contributed by atoms with Crippen molar-refractivity contribution in [1.29, 1.82) is 0 Å². The summed E-state index contributed by atoms with van der Waals surface area (Å²) < 4.78 is 26.0. The summed E-state index contributed by atoms with van der Waals surface area (Å²) in [7, 11) is 0. The van der Waals surface area contributed by atoms with Crippen LogP contribution >= 0.6 is 15.9 Å². The van der Waals surface area contributed by atoms with E-state index in [1.807, 2.05) is 0 Å². The monoisotopic (exact) mass is 265 g/mol. The van der Waals surface area contributed by atoms with E-state index in [0.717, 1.165) is 12.1 Å². The summed E-state index contributed by atoms with van der Waals surface area (Å²) in [6.07, 6.45) is 0.300. The van der Waals surface area contributed by atoms with Gasteiger partial charge in [-0.05, 0) is 24.1 Å². The van der Waals surface area contributed by atoms with Crippen molar-refractivity contribution < 1.29 is 13.9 Å². The largest absolute Gasteiger partial charge is 0.395 e. The Morgan fingerprint density at radius 3 is 2.50 bits per heavy atom. The van der Waals surface area contributed by atoms with Gasteiger partial charge in [-0.1, -0.05) is 15.9 Å². The summed E-state index contributed by atoms with van der Waals surface area (Å²) in [5, 5.41) is 8.70. The molecule has 0 spiro atoms. The van der Waals surface area contributed by atoms with Crippen LogP contribution in [0, 0.1) is 11.6 Å². The molecule has 0 bridgehead atoms. The summed E-state index contributed by atoms with van der Waals surface area (Å²) in [6, 6.07) is 1.67. The number of aliphatic hydroxyl groups is 1. The van der Waals surface area contributed by atoms with E-state index in [9.17, 15) is 8.78 Å². The first-order valence-corrected chi connectivity index (χ1v) is 4.83. The van der Waals surface area contributed by atoms with Crippen LogP contribution in [0.25, 0.3) is 0 Å². The second-order valence-corrected chi connectivity index (χ2v) is 3.86. The Morgan fingerprint density at radius 2 is 1.93 bits per heavy atom. The lowest BCUT2D eigenvalue weighted by Gasteiger charge is -2.10. The Bertz CT molecular complexity index is 333. The van der Waals surface area contributed by atoms with Gasteiger partial charge in [-0.2, -0.15) is 0 Å². The number of nitrogens with two attached hydrogens (primary N) is 1. The third-order valence-corrected chi connectivity index (χ3v) is 2.54. The Balaban J connectivity index is 2.92. The van der Waals surface area contributed by atoms with Crippen molar-refractivity contribution in [2.75, 3.05) is 6.61 Å². The standard InChI is InChI=1S/C9H10BrF2NO/c10-7-3-9(12)8(11)2-5(7)1-6(13)4-14/h2-3,6,14H,1,4,13H2. The van der Waals surface area contributed by atoms with Crippen molar-refractivity contribution in [2.24, 2.45) is 5.73 Å². The molecule has 1 atom stereocenters. The highest BCUT2D eigenvalue weighted by atomic mass is 79.9. The zero-order valence-corrected chi connectivity index (χ0v) is 8.89. The molecular formula is C9H10BrF2NO. The zero-order chi connectivity index (χ0) is 10.7. The molecule has 0 saturated heterocycles. The van der Waals surface area contributed by atoms with Crippen LogP contribution in [-0.4, -0.2) is 17.8 Å². The van der Waals surface area contributed by atoms with Crippen LogP contribution in [0.15, 0.2) is 16.6 Å². The summed E-state index contributed by atoms with van der Waals surface area (Å²) >= 11 is 3.10. The van der Waals surface area contributed by atoms with E-state index in [1.165, 1.54) is 0 Å². The topological polar surface area (TPSA) is 46.2 Å². The van der Waals surface area contributed by atoms with Gasteiger partial charge in [-0.25, -0.2) is 8.78 Å². The third kappa shape index (κ3) is 2.73. The van der Waals surface area contributed by atoms with Crippen molar-refractivity contribution in [2.45, 2.75) is 12.5 Å². The van der Waals surface area contributed by atoms with E-state index in [4.69, 9.17) is 10.8 Å². The number of rotatable bonds is 3. The first-order valence-electron chi connectivity index (χ1n) is 4.04. The minimum atomic E-state index is -0.909. The van der Waals surface area contributed by atoms with Crippen molar-refractivity contribution in [1.82, 2.24) is 0 Å². The van der Waals surface area contributed by atoms with E-state index < -0.39 is 17.7 Å². The normalized spacial score (nSPS) is 12.9. The van der Waals surface area contributed by atoms with Crippen LogP contribution in [0.1, 0.15) is 5.56 Å². The molecule has 2 nitrogen and oxygen atoms in total. The predicted octanol–water partition coefficient (Wildman–Crippen LogP) is 1.59. The lowest BCUT2D eigenvalue weighted by atomic mass is 10.1. The average molecular weight is 266 g/mol. The van der Waals surface area contributed by atoms with Crippen molar-refractivity contribution in [3.8, 4) is 0 Å². The molecule has 14 heavy (non-hydrogen) atoms. The van der Waals surface area contributed by atoms with Crippen LogP contribution < -0.4 is 5.73 Å². The molecule has 3 N–H and O–H groups in total. The fraction of sp³-hybridized carbons (Fsp3) is 0.333. The third-order valence-electron chi connectivity index (χ3n) is 1.81. The molecule has 0 aliphatic carbocycles. The molecule has 5 heteroatoms. The smallest absolute Gasteiger partial charge is 0.159 e. The van der Waals surface area contributed by atoms with E-state index in [0.29, 0.717) is 16.5 Å². The van der Waals surface area contributed by atoms with Crippen LogP contribution in [0.4, 0.5) is 8.78 Å². The van der Waals surface area contributed by atoms with Crippen LogP contribution in [0.5, 0.6) is 0 Å². The van der Waals surface area contributed by atoms with Crippen LogP contribution in [0.2, 0.25) is 0 Å². The second kappa shape index (κ2) is 4.82. The highest BCUT2D eigenvalue weighted by molar-refractivity contribution is 9.10. The molecule has 1 aromatic carbocycles. The highest BCUT2D eigenvalue weighted by Gasteiger charge is 2.10. The number of halogens is 3. The van der Waals surface area contributed by atoms with Gasteiger partial charge in [0.25, 0.3) is 0 Å². The molecule has 0 aliphatic rings. The number of benzene rings is 1. The van der Waals surface area contributed by atoms with Gasteiger partial charge < -0.3 is 10.8 Å². The van der Waals surface area contributed by atoms with E-state index in [-0.39, 0.29) is 6.61 Å². The van der Waals surface area contributed by atoms with Crippen molar-refractivity contribution in [3.63, 3.8) is 0 Å². The molecule has 78 valence electrons. The Hall–Kier alpha value is -0.520. The summed E-state index contributed by atoms with van der Waals surface area (Å²) in [6.45, 7) is -0.189. The quantitative estimate of drug-likeness (QED) is 0.816. The maximum Gasteiger partial charge on any atom is 0.159 e. The number of hydrogen-bond acceptors (Lipinski definition) is 2. The fourth-order valence-corrected chi connectivity index (χ4v) is 1.54. The molecule has 1 aromatic rings. The van der Waals surface area contributed by atoms with Gasteiger partial charge in [0, 0.05) is 10.5 Å². The Labute approximate surface area is 88.9 Å².